The Hall–Kier alpha value is -4.07. The highest BCUT2D eigenvalue weighted by Crippen LogP contribution is 2.33. The largest absolute Gasteiger partial charge is 0.437 e. The molecule has 178 valence electrons. The van der Waals surface area contributed by atoms with Crippen LogP contribution in [0, 0.1) is 12.7 Å². The Balaban J connectivity index is 1.36. The van der Waals surface area contributed by atoms with Crippen molar-refractivity contribution in [3.63, 3.8) is 0 Å². The third-order valence-electron chi connectivity index (χ3n) is 6.31. The SMILES string of the molecule is Cc1nccn1Cc1ccccc1C(=O)N1CCC[C@H](c2nccnc2Oc2cccc(F)c2)C1. The number of carbonyl (C=O) groups is 1. The number of halogens is 1. The van der Waals surface area contributed by atoms with E-state index in [1.165, 1.54) is 12.1 Å². The molecule has 2 aromatic heterocycles. The van der Waals surface area contributed by atoms with Crippen LogP contribution in [0.1, 0.15) is 46.2 Å². The number of amides is 1. The van der Waals surface area contributed by atoms with Crippen molar-refractivity contribution in [1.29, 1.82) is 0 Å². The third kappa shape index (κ3) is 5.06. The van der Waals surface area contributed by atoms with E-state index in [4.69, 9.17) is 4.74 Å². The first-order valence-electron chi connectivity index (χ1n) is 11.7. The van der Waals surface area contributed by atoms with E-state index in [1.807, 2.05) is 46.9 Å². The topological polar surface area (TPSA) is 73.1 Å². The van der Waals surface area contributed by atoms with Gasteiger partial charge in [-0.15, -0.1) is 0 Å². The molecule has 1 atom stereocenters. The molecule has 1 saturated heterocycles. The van der Waals surface area contributed by atoms with Gasteiger partial charge in [-0.25, -0.2) is 14.4 Å². The van der Waals surface area contributed by atoms with E-state index in [2.05, 4.69) is 15.0 Å². The van der Waals surface area contributed by atoms with Crippen LogP contribution in [0.25, 0.3) is 0 Å². The van der Waals surface area contributed by atoms with Crippen molar-refractivity contribution in [2.24, 2.45) is 0 Å². The fourth-order valence-corrected chi connectivity index (χ4v) is 4.51. The number of hydrogen-bond acceptors (Lipinski definition) is 5. The zero-order valence-corrected chi connectivity index (χ0v) is 19.5. The maximum atomic E-state index is 13.6. The molecule has 1 aliphatic rings. The summed E-state index contributed by atoms with van der Waals surface area (Å²) in [7, 11) is 0. The Morgan fingerprint density at radius 2 is 1.94 bits per heavy atom. The average molecular weight is 472 g/mol. The normalized spacial score (nSPS) is 15.7. The maximum absolute atomic E-state index is 13.6. The van der Waals surface area contributed by atoms with E-state index in [-0.39, 0.29) is 17.6 Å². The van der Waals surface area contributed by atoms with Gasteiger partial charge in [0.05, 0.1) is 0 Å². The van der Waals surface area contributed by atoms with Crippen LogP contribution in [-0.2, 0) is 6.54 Å². The Morgan fingerprint density at radius 3 is 2.77 bits per heavy atom. The highest BCUT2D eigenvalue weighted by atomic mass is 19.1. The Kier molecular flexibility index (Phi) is 6.52. The second-order valence-electron chi connectivity index (χ2n) is 8.66. The quantitative estimate of drug-likeness (QED) is 0.397. The van der Waals surface area contributed by atoms with Crippen LogP contribution in [-0.4, -0.2) is 43.4 Å². The second kappa shape index (κ2) is 10.0. The van der Waals surface area contributed by atoms with Gasteiger partial charge in [-0.1, -0.05) is 24.3 Å². The van der Waals surface area contributed by atoms with Gasteiger partial charge in [0.25, 0.3) is 5.91 Å². The van der Waals surface area contributed by atoms with Crippen molar-refractivity contribution in [2.75, 3.05) is 13.1 Å². The van der Waals surface area contributed by atoms with Crippen LogP contribution in [0.15, 0.2) is 73.3 Å². The minimum Gasteiger partial charge on any atom is -0.437 e. The molecule has 4 aromatic rings. The molecule has 0 N–H and O–H groups in total. The zero-order valence-electron chi connectivity index (χ0n) is 19.5. The van der Waals surface area contributed by atoms with Crippen LogP contribution >= 0.6 is 0 Å². The smallest absolute Gasteiger partial charge is 0.254 e. The molecule has 1 amide bonds. The van der Waals surface area contributed by atoms with Crippen molar-refractivity contribution in [3.8, 4) is 11.6 Å². The first-order chi connectivity index (χ1) is 17.1. The Bertz CT molecular complexity index is 1340. The van der Waals surface area contributed by atoms with Gasteiger partial charge in [-0.05, 0) is 43.5 Å². The summed E-state index contributed by atoms with van der Waals surface area (Å²) in [6.45, 7) is 3.72. The van der Waals surface area contributed by atoms with E-state index >= 15 is 0 Å². The molecule has 0 unspecified atom stereocenters. The van der Waals surface area contributed by atoms with E-state index in [1.54, 1.807) is 30.7 Å². The van der Waals surface area contributed by atoms with Gasteiger partial charge in [0.15, 0.2) is 0 Å². The predicted molar refractivity (Wildman–Crippen MR) is 129 cm³/mol. The summed E-state index contributed by atoms with van der Waals surface area (Å²) in [5.74, 6) is 1.19. The summed E-state index contributed by atoms with van der Waals surface area (Å²) in [6.07, 6.45) is 8.56. The number of nitrogens with zero attached hydrogens (tertiary/aromatic N) is 5. The van der Waals surface area contributed by atoms with E-state index in [0.29, 0.717) is 42.5 Å². The molecular formula is C27H26FN5O2. The number of benzene rings is 2. The molecule has 7 nitrogen and oxygen atoms in total. The van der Waals surface area contributed by atoms with Crippen molar-refractivity contribution in [3.05, 3.63) is 102 Å². The van der Waals surface area contributed by atoms with E-state index in [9.17, 15) is 9.18 Å². The third-order valence-corrected chi connectivity index (χ3v) is 6.31. The van der Waals surface area contributed by atoms with E-state index < -0.39 is 0 Å². The molecule has 1 fully saturated rings. The summed E-state index contributed by atoms with van der Waals surface area (Å²) in [5, 5.41) is 0. The van der Waals surface area contributed by atoms with Crippen molar-refractivity contribution in [2.45, 2.75) is 32.2 Å². The molecule has 35 heavy (non-hydrogen) atoms. The number of imidazole rings is 1. The fourth-order valence-electron chi connectivity index (χ4n) is 4.51. The van der Waals surface area contributed by atoms with Crippen LogP contribution in [0.2, 0.25) is 0 Å². The molecule has 5 rings (SSSR count). The molecule has 0 aliphatic carbocycles. The first-order valence-corrected chi connectivity index (χ1v) is 11.7. The summed E-state index contributed by atoms with van der Waals surface area (Å²) in [6, 6.07) is 13.7. The number of ether oxygens (including phenoxy) is 1. The number of piperidine rings is 1. The lowest BCUT2D eigenvalue weighted by Crippen LogP contribution is -2.39. The van der Waals surface area contributed by atoms with Gasteiger partial charge in [0.2, 0.25) is 5.88 Å². The number of aryl methyl sites for hydroxylation is 1. The first kappa shape index (κ1) is 22.7. The van der Waals surface area contributed by atoms with E-state index in [0.717, 1.165) is 24.2 Å². The molecule has 0 radical (unpaired) electrons. The summed E-state index contributed by atoms with van der Waals surface area (Å²) in [4.78, 5) is 28.7. The Labute approximate surface area is 203 Å². The lowest BCUT2D eigenvalue weighted by atomic mass is 9.93. The van der Waals surface area contributed by atoms with Crippen molar-refractivity contribution in [1.82, 2.24) is 24.4 Å². The lowest BCUT2D eigenvalue weighted by molar-refractivity contribution is 0.0703. The summed E-state index contributed by atoms with van der Waals surface area (Å²) < 4.78 is 21.6. The summed E-state index contributed by atoms with van der Waals surface area (Å²) >= 11 is 0. The number of aromatic nitrogens is 4. The molecule has 1 aliphatic heterocycles. The maximum Gasteiger partial charge on any atom is 0.254 e. The fraction of sp³-hybridized carbons (Fsp3) is 0.259. The van der Waals surface area contributed by atoms with Gasteiger partial charge in [-0.2, -0.15) is 0 Å². The molecule has 8 heteroatoms. The highest BCUT2D eigenvalue weighted by Gasteiger charge is 2.29. The van der Waals surface area contributed by atoms with Crippen LogP contribution in [0.5, 0.6) is 11.6 Å². The molecule has 0 bridgehead atoms. The van der Waals surface area contributed by atoms with Crippen molar-refractivity contribution < 1.29 is 13.9 Å². The molecule has 0 saturated carbocycles. The van der Waals surface area contributed by atoms with Crippen LogP contribution < -0.4 is 4.74 Å². The highest BCUT2D eigenvalue weighted by molar-refractivity contribution is 5.95. The molecule has 0 spiro atoms. The van der Waals surface area contributed by atoms with Crippen LogP contribution in [0.4, 0.5) is 4.39 Å². The molecule has 3 heterocycles. The minimum atomic E-state index is -0.382. The van der Waals surface area contributed by atoms with Gasteiger partial charge in [0, 0.05) is 62.0 Å². The second-order valence-corrected chi connectivity index (χ2v) is 8.66. The predicted octanol–water partition coefficient (Wildman–Crippen LogP) is 4.98. The minimum absolute atomic E-state index is 0.000410. The number of rotatable bonds is 6. The zero-order chi connectivity index (χ0) is 24.2. The number of hydrogen-bond donors (Lipinski definition) is 0. The van der Waals surface area contributed by atoms with Crippen molar-refractivity contribution >= 4 is 5.91 Å². The lowest BCUT2D eigenvalue weighted by Gasteiger charge is -2.33. The van der Waals surface area contributed by atoms with Gasteiger partial charge in [0.1, 0.15) is 23.1 Å². The molecular weight excluding hydrogens is 445 g/mol. The molecule has 2 aromatic carbocycles. The number of carbonyl (C=O) groups excluding carboxylic acids is 1. The van der Waals surface area contributed by atoms with Crippen LogP contribution in [0.3, 0.4) is 0 Å². The monoisotopic (exact) mass is 471 g/mol. The van der Waals surface area contributed by atoms with Gasteiger partial charge < -0.3 is 14.2 Å². The standard InChI is InChI=1S/C27H26FN5O2/c1-19-29-13-15-32(19)17-20-6-2-3-10-24(20)27(34)33-14-5-7-21(18-33)25-26(31-12-11-30-25)35-23-9-4-8-22(28)16-23/h2-4,6,8-13,15-16,21H,5,7,14,17-18H2,1H3/t21-/m0/s1. The number of likely N-dealkylation sites (tertiary alicyclic amines) is 1. The van der Waals surface area contributed by atoms with Gasteiger partial charge in [-0.3, -0.25) is 9.78 Å². The summed E-state index contributed by atoms with van der Waals surface area (Å²) in [5.41, 5.74) is 2.32. The Morgan fingerprint density at radius 1 is 1.09 bits per heavy atom. The average Bonchev–Trinajstić information content (AvgIpc) is 3.28. The van der Waals surface area contributed by atoms with Gasteiger partial charge >= 0.3 is 0 Å².